The summed E-state index contributed by atoms with van der Waals surface area (Å²) in [5, 5.41) is 3.16. The first kappa shape index (κ1) is 12.9. The molecule has 0 unspecified atom stereocenters. The van der Waals surface area contributed by atoms with Crippen LogP contribution in [0.1, 0.15) is 26.2 Å². The van der Waals surface area contributed by atoms with E-state index in [1.807, 2.05) is 7.05 Å². The Balaban J connectivity index is 3.25. The van der Waals surface area contributed by atoms with Gasteiger partial charge in [-0.2, -0.15) is 0 Å². The van der Waals surface area contributed by atoms with E-state index in [0.717, 1.165) is 32.6 Å². The summed E-state index contributed by atoms with van der Waals surface area (Å²) in [6, 6.07) is 0. The minimum absolute atomic E-state index is 0.813. The lowest BCUT2D eigenvalue weighted by atomic mass is 10.2. The number of hydrogen-bond donors (Lipinski definition) is 2. The van der Waals surface area contributed by atoms with Gasteiger partial charge in [0.25, 0.3) is 0 Å². The minimum Gasteiger partial charge on any atom is -0.330 e. The number of nitrogens with zero attached hydrogens (tertiary/aromatic N) is 1. The molecule has 0 atom stereocenters. The third-order valence-corrected chi connectivity index (χ3v) is 2.28. The zero-order valence-electron chi connectivity index (χ0n) is 9.18. The van der Waals surface area contributed by atoms with Crippen molar-refractivity contribution < 1.29 is 0 Å². The average Bonchev–Trinajstić information content (AvgIpc) is 2.17. The molecule has 0 amide bonds. The first-order valence-corrected chi connectivity index (χ1v) is 5.42. The predicted molar refractivity (Wildman–Crippen MR) is 58.9 cm³/mol. The molecule has 0 bridgehead atoms. The molecule has 0 aromatic carbocycles. The van der Waals surface area contributed by atoms with Gasteiger partial charge in [0.2, 0.25) is 0 Å². The third kappa shape index (κ3) is 8.22. The molecule has 0 saturated carbocycles. The molecular weight excluding hydrogens is 162 g/mol. The van der Waals surface area contributed by atoms with Crippen LogP contribution in [0.2, 0.25) is 0 Å². The van der Waals surface area contributed by atoms with Gasteiger partial charge in [0.1, 0.15) is 0 Å². The van der Waals surface area contributed by atoms with E-state index < -0.39 is 0 Å². The molecule has 0 aliphatic carbocycles. The van der Waals surface area contributed by atoms with Crippen LogP contribution in [-0.2, 0) is 0 Å². The molecule has 13 heavy (non-hydrogen) atoms. The largest absolute Gasteiger partial charge is 0.330 e. The maximum atomic E-state index is 5.47. The van der Waals surface area contributed by atoms with E-state index in [1.54, 1.807) is 0 Å². The van der Waals surface area contributed by atoms with Crippen LogP contribution in [0.25, 0.3) is 0 Å². The van der Waals surface area contributed by atoms with Crippen LogP contribution < -0.4 is 11.1 Å². The Kier molecular flexibility index (Phi) is 9.87. The lowest BCUT2D eigenvalue weighted by molar-refractivity contribution is 0.280. The van der Waals surface area contributed by atoms with Crippen LogP contribution in [0.15, 0.2) is 0 Å². The molecule has 3 N–H and O–H groups in total. The minimum atomic E-state index is 0.813. The normalized spacial score (nSPS) is 11.1. The van der Waals surface area contributed by atoms with Crippen molar-refractivity contribution in [1.29, 1.82) is 0 Å². The molecular formula is C10H25N3. The van der Waals surface area contributed by atoms with Gasteiger partial charge in [-0.3, -0.25) is 0 Å². The highest BCUT2D eigenvalue weighted by Crippen LogP contribution is 1.95. The molecule has 0 aliphatic heterocycles. The van der Waals surface area contributed by atoms with Crippen molar-refractivity contribution in [3.05, 3.63) is 0 Å². The molecule has 0 aromatic heterocycles. The van der Waals surface area contributed by atoms with E-state index >= 15 is 0 Å². The van der Waals surface area contributed by atoms with E-state index in [9.17, 15) is 0 Å². The number of hydrogen-bond acceptors (Lipinski definition) is 3. The predicted octanol–water partition coefficient (Wildman–Crippen LogP) is 0.657. The summed E-state index contributed by atoms with van der Waals surface area (Å²) in [4.78, 5) is 2.47. The van der Waals surface area contributed by atoms with Crippen LogP contribution >= 0.6 is 0 Å². The van der Waals surface area contributed by atoms with Gasteiger partial charge >= 0.3 is 0 Å². The lowest BCUT2D eigenvalue weighted by Gasteiger charge is -2.19. The highest BCUT2D eigenvalue weighted by Gasteiger charge is 1.99. The molecule has 3 heteroatoms. The van der Waals surface area contributed by atoms with Gasteiger partial charge in [0.05, 0.1) is 0 Å². The molecule has 80 valence electrons. The summed E-state index contributed by atoms with van der Waals surface area (Å²) >= 11 is 0. The molecule has 0 fully saturated rings. The maximum absolute atomic E-state index is 5.47. The lowest BCUT2D eigenvalue weighted by Crippen LogP contribution is -2.27. The highest BCUT2D eigenvalue weighted by molar-refractivity contribution is 4.56. The summed E-state index contributed by atoms with van der Waals surface area (Å²) < 4.78 is 0. The van der Waals surface area contributed by atoms with E-state index in [0.29, 0.717) is 0 Å². The molecule has 0 spiro atoms. The van der Waals surface area contributed by atoms with Crippen molar-refractivity contribution in [3.8, 4) is 0 Å². The molecule has 0 rings (SSSR count). The molecule has 3 nitrogen and oxygen atoms in total. The molecule has 0 heterocycles. The molecule has 0 radical (unpaired) electrons. The zero-order valence-corrected chi connectivity index (χ0v) is 9.18. The van der Waals surface area contributed by atoms with Gasteiger partial charge in [0, 0.05) is 0 Å². The second-order valence-electron chi connectivity index (χ2n) is 3.39. The number of rotatable bonds is 9. The summed E-state index contributed by atoms with van der Waals surface area (Å²) in [5.41, 5.74) is 5.47. The average molecular weight is 187 g/mol. The standard InChI is InChI=1S/C10H25N3/c1-3-13(10-6-7-11)9-5-4-8-12-2/h12H,3-11H2,1-2H3. The fraction of sp³-hybridized carbons (Fsp3) is 1.00. The van der Waals surface area contributed by atoms with Gasteiger partial charge in [0.15, 0.2) is 0 Å². The van der Waals surface area contributed by atoms with E-state index in [4.69, 9.17) is 5.73 Å². The van der Waals surface area contributed by atoms with Gasteiger partial charge in [-0.15, -0.1) is 0 Å². The Morgan fingerprint density at radius 1 is 1.15 bits per heavy atom. The third-order valence-electron chi connectivity index (χ3n) is 2.28. The second kappa shape index (κ2) is 9.96. The van der Waals surface area contributed by atoms with Crippen molar-refractivity contribution in [1.82, 2.24) is 10.2 Å². The van der Waals surface area contributed by atoms with Crippen LogP contribution in [0.5, 0.6) is 0 Å². The Morgan fingerprint density at radius 2 is 1.85 bits per heavy atom. The van der Waals surface area contributed by atoms with Gasteiger partial charge in [-0.05, 0) is 59.0 Å². The fourth-order valence-corrected chi connectivity index (χ4v) is 1.38. The maximum Gasteiger partial charge on any atom is -0.000683 e. The van der Waals surface area contributed by atoms with E-state index in [2.05, 4.69) is 17.1 Å². The fourth-order valence-electron chi connectivity index (χ4n) is 1.38. The smallest absolute Gasteiger partial charge is 0.000683 e. The summed E-state index contributed by atoms with van der Waals surface area (Å²) in [6.45, 7) is 7.69. The second-order valence-corrected chi connectivity index (χ2v) is 3.39. The SMILES string of the molecule is CCN(CCCN)CCCCNC. The van der Waals surface area contributed by atoms with Gasteiger partial charge in [-0.25, -0.2) is 0 Å². The molecule has 0 saturated heterocycles. The number of unbranched alkanes of at least 4 members (excludes halogenated alkanes) is 1. The highest BCUT2D eigenvalue weighted by atomic mass is 15.1. The first-order valence-electron chi connectivity index (χ1n) is 5.42. The Labute approximate surface area is 82.7 Å². The molecule has 0 aromatic rings. The Morgan fingerprint density at radius 3 is 2.38 bits per heavy atom. The van der Waals surface area contributed by atoms with Crippen molar-refractivity contribution in [2.24, 2.45) is 5.73 Å². The van der Waals surface area contributed by atoms with Crippen LogP contribution in [0, 0.1) is 0 Å². The number of nitrogens with two attached hydrogens (primary N) is 1. The van der Waals surface area contributed by atoms with Crippen molar-refractivity contribution >= 4 is 0 Å². The van der Waals surface area contributed by atoms with Gasteiger partial charge < -0.3 is 16.0 Å². The van der Waals surface area contributed by atoms with E-state index in [1.165, 1.54) is 19.4 Å². The van der Waals surface area contributed by atoms with Crippen molar-refractivity contribution in [2.45, 2.75) is 26.2 Å². The van der Waals surface area contributed by atoms with Crippen LogP contribution in [0.4, 0.5) is 0 Å². The first-order chi connectivity index (χ1) is 6.35. The topological polar surface area (TPSA) is 41.3 Å². The Hall–Kier alpha value is -0.120. The quantitative estimate of drug-likeness (QED) is 0.521. The van der Waals surface area contributed by atoms with Crippen LogP contribution in [-0.4, -0.2) is 44.7 Å². The van der Waals surface area contributed by atoms with Gasteiger partial charge in [-0.1, -0.05) is 6.92 Å². The van der Waals surface area contributed by atoms with Crippen molar-refractivity contribution in [3.63, 3.8) is 0 Å². The summed E-state index contributed by atoms with van der Waals surface area (Å²) in [7, 11) is 2.01. The monoisotopic (exact) mass is 187 g/mol. The number of nitrogens with one attached hydrogen (secondary N) is 1. The molecule has 0 aliphatic rings. The zero-order chi connectivity index (χ0) is 9.94. The van der Waals surface area contributed by atoms with Crippen LogP contribution in [0.3, 0.4) is 0 Å². The summed E-state index contributed by atoms with van der Waals surface area (Å²) in [6.07, 6.45) is 3.69. The Bertz CT molecular complexity index is 96.2. The summed E-state index contributed by atoms with van der Waals surface area (Å²) in [5.74, 6) is 0. The van der Waals surface area contributed by atoms with E-state index in [-0.39, 0.29) is 0 Å². The van der Waals surface area contributed by atoms with Crippen molar-refractivity contribution in [2.75, 3.05) is 39.8 Å².